The van der Waals surface area contributed by atoms with Gasteiger partial charge in [-0.3, -0.25) is 9.78 Å². The lowest BCUT2D eigenvalue weighted by Gasteiger charge is -2.45. The first-order valence-corrected chi connectivity index (χ1v) is 11.7. The zero-order chi connectivity index (χ0) is 23.9. The summed E-state index contributed by atoms with van der Waals surface area (Å²) in [4.78, 5) is 22.6. The van der Waals surface area contributed by atoms with Gasteiger partial charge in [-0.25, -0.2) is 0 Å². The molecular formula is C24H24ClF3N4O2. The van der Waals surface area contributed by atoms with Crippen molar-refractivity contribution in [3.8, 4) is 0 Å². The summed E-state index contributed by atoms with van der Waals surface area (Å²) in [6, 6.07) is 8.08. The van der Waals surface area contributed by atoms with E-state index in [0.29, 0.717) is 16.6 Å². The van der Waals surface area contributed by atoms with Gasteiger partial charge in [-0.15, -0.1) is 0 Å². The second-order valence-electron chi connectivity index (χ2n) is 9.27. The molecule has 10 heteroatoms. The van der Waals surface area contributed by atoms with E-state index >= 15 is 0 Å². The predicted molar refractivity (Wildman–Crippen MR) is 122 cm³/mol. The third-order valence-corrected chi connectivity index (χ3v) is 7.36. The fraction of sp³-hybridized carbons (Fsp3) is 0.458. The number of hydrogen-bond acceptors (Lipinski definition) is 5. The molecule has 5 rings (SSSR count). The molecule has 1 spiro atoms. The molecule has 1 saturated heterocycles. The Labute approximate surface area is 199 Å². The Morgan fingerprint density at radius 2 is 1.85 bits per heavy atom. The van der Waals surface area contributed by atoms with E-state index in [0.717, 1.165) is 69.4 Å². The first-order chi connectivity index (χ1) is 16.2. The Kier molecular flexibility index (Phi) is 5.91. The molecule has 0 radical (unpaired) electrons. The van der Waals surface area contributed by atoms with Gasteiger partial charge in [-0.1, -0.05) is 11.6 Å². The number of anilines is 1. The van der Waals surface area contributed by atoms with Gasteiger partial charge in [-0.05, 0) is 74.3 Å². The highest BCUT2D eigenvalue weighted by Gasteiger charge is 2.39. The summed E-state index contributed by atoms with van der Waals surface area (Å²) < 4.78 is 44.6. The smallest absolute Gasteiger partial charge is 0.423 e. The summed E-state index contributed by atoms with van der Waals surface area (Å²) in [5, 5.41) is 3.53. The SMILES string of the molecule is O=C(NC1CCC2(CC1)CCN(c1nc3cc(Cl)ccc3o1)CC2)c1ccnc(C(F)(F)F)c1. The zero-order valence-electron chi connectivity index (χ0n) is 18.4. The standard InChI is InChI=1S/C24H24ClF3N4O2/c25-16-1-2-19-18(14-16)31-22(34-19)32-11-8-23(9-12-32)6-3-17(4-7-23)30-21(33)15-5-10-29-20(13-15)24(26,27)28/h1-2,5,10,13-14,17H,3-4,6-9,11-12H2,(H,30,33). The highest BCUT2D eigenvalue weighted by Crippen LogP contribution is 2.45. The van der Waals surface area contributed by atoms with Crippen LogP contribution in [-0.4, -0.2) is 35.0 Å². The molecular weight excluding hydrogens is 469 g/mol. The zero-order valence-corrected chi connectivity index (χ0v) is 19.1. The largest absolute Gasteiger partial charge is 0.433 e. The van der Waals surface area contributed by atoms with E-state index in [2.05, 4.69) is 20.2 Å². The molecule has 1 saturated carbocycles. The van der Waals surface area contributed by atoms with E-state index in [4.69, 9.17) is 16.0 Å². The Bertz CT molecular complexity index is 1190. The van der Waals surface area contributed by atoms with Crippen LogP contribution in [0.25, 0.3) is 11.1 Å². The van der Waals surface area contributed by atoms with Crippen molar-refractivity contribution in [1.82, 2.24) is 15.3 Å². The van der Waals surface area contributed by atoms with Gasteiger partial charge in [0.2, 0.25) is 0 Å². The van der Waals surface area contributed by atoms with Gasteiger partial charge in [0, 0.05) is 35.9 Å². The number of piperidine rings is 1. The number of rotatable bonds is 3. The molecule has 2 fully saturated rings. The number of hydrogen-bond donors (Lipinski definition) is 1. The average Bonchev–Trinajstić information content (AvgIpc) is 3.24. The van der Waals surface area contributed by atoms with E-state index in [1.54, 1.807) is 12.1 Å². The Balaban J connectivity index is 1.15. The Hall–Kier alpha value is -2.81. The number of benzene rings is 1. The first kappa shape index (κ1) is 23.0. The Morgan fingerprint density at radius 3 is 2.56 bits per heavy atom. The van der Waals surface area contributed by atoms with Crippen molar-refractivity contribution in [3.05, 3.63) is 52.8 Å². The van der Waals surface area contributed by atoms with Crippen LogP contribution in [0.15, 0.2) is 40.9 Å². The highest BCUT2D eigenvalue weighted by atomic mass is 35.5. The van der Waals surface area contributed by atoms with Gasteiger partial charge in [-0.2, -0.15) is 18.2 Å². The van der Waals surface area contributed by atoms with Gasteiger partial charge < -0.3 is 14.6 Å². The van der Waals surface area contributed by atoms with Gasteiger partial charge in [0.05, 0.1) is 0 Å². The molecule has 0 bridgehead atoms. The molecule has 1 aliphatic heterocycles. The lowest BCUT2D eigenvalue weighted by molar-refractivity contribution is -0.141. The van der Waals surface area contributed by atoms with Crippen molar-refractivity contribution in [2.24, 2.45) is 5.41 Å². The minimum atomic E-state index is -4.58. The van der Waals surface area contributed by atoms with E-state index in [9.17, 15) is 18.0 Å². The monoisotopic (exact) mass is 492 g/mol. The summed E-state index contributed by atoms with van der Waals surface area (Å²) in [6.07, 6.45) is 2.02. The maximum atomic E-state index is 12.9. The van der Waals surface area contributed by atoms with Crippen LogP contribution >= 0.6 is 11.6 Å². The fourth-order valence-corrected chi connectivity index (χ4v) is 5.23. The topological polar surface area (TPSA) is 71.3 Å². The normalized spacial score (nSPS) is 19.0. The third-order valence-electron chi connectivity index (χ3n) is 7.13. The van der Waals surface area contributed by atoms with E-state index < -0.39 is 17.8 Å². The van der Waals surface area contributed by atoms with Crippen molar-refractivity contribution in [2.75, 3.05) is 18.0 Å². The van der Waals surface area contributed by atoms with Crippen molar-refractivity contribution in [2.45, 2.75) is 50.7 Å². The molecule has 1 aromatic carbocycles. The second kappa shape index (κ2) is 8.76. The number of amides is 1. The molecule has 0 unspecified atom stereocenters. The summed E-state index contributed by atoms with van der Waals surface area (Å²) in [6.45, 7) is 1.68. The number of fused-ring (bicyclic) bond motifs is 1. The highest BCUT2D eigenvalue weighted by molar-refractivity contribution is 6.31. The molecule has 3 heterocycles. The van der Waals surface area contributed by atoms with Crippen LogP contribution in [-0.2, 0) is 6.18 Å². The molecule has 0 atom stereocenters. The van der Waals surface area contributed by atoms with E-state index in [1.165, 1.54) is 6.07 Å². The summed E-state index contributed by atoms with van der Waals surface area (Å²) in [5.74, 6) is -0.486. The summed E-state index contributed by atoms with van der Waals surface area (Å²) in [7, 11) is 0. The third kappa shape index (κ3) is 4.71. The van der Waals surface area contributed by atoms with Crippen molar-refractivity contribution in [3.63, 3.8) is 0 Å². The molecule has 1 N–H and O–H groups in total. The fourth-order valence-electron chi connectivity index (χ4n) is 5.07. The van der Waals surface area contributed by atoms with E-state index in [1.807, 2.05) is 6.07 Å². The minimum absolute atomic E-state index is 0.0180. The maximum Gasteiger partial charge on any atom is 0.433 e. The lowest BCUT2D eigenvalue weighted by Crippen LogP contribution is -2.46. The molecule has 2 aromatic heterocycles. The molecule has 1 amide bonds. The molecule has 34 heavy (non-hydrogen) atoms. The molecule has 180 valence electrons. The van der Waals surface area contributed by atoms with Crippen LogP contribution < -0.4 is 10.2 Å². The van der Waals surface area contributed by atoms with Gasteiger partial charge in [0.25, 0.3) is 11.9 Å². The van der Waals surface area contributed by atoms with E-state index in [-0.39, 0.29) is 17.0 Å². The van der Waals surface area contributed by atoms with Crippen LogP contribution in [0.5, 0.6) is 0 Å². The van der Waals surface area contributed by atoms with Crippen LogP contribution in [0.3, 0.4) is 0 Å². The van der Waals surface area contributed by atoms with Gasteiger partial charge >= 0.3 is 6.18 Å². The molecule has 2 aliphatic rings. The second-order valence-corrected chi connectivity index (χ2v) is 9.71. The number of oxazole rings is 1. The van der Waals surface area contributed by atoms with Crippen LogP contribution in [0.2, 0.25) is 5.02 Å². The lowest BCUT2D eigenvalue weighted by atomic mass is 9.67. The number of alkyl halides is 3. The Morgan fingerprint density at radius 1 is 1.12 bits per heavy atom. The van der Waals surface area contributed by atoms with Crippen molar-refractivity contribution in [1.29, 1.82) is 0 Å². The van der Waals surface area contributed by atoms with Crippen molar-refractivity contribution < 1.29 is 22.4 Å². The van der Waals surface area contributed by atoms with Crippen LogP contribution in [0.1, 0.15) is 54.6 Å². The number of nitrogens with zero attached hydrogens (tertiary/aromatic N) is 3. The van der Waals surface area contributed by atoms with Gasteiger partial charge in [0.15, 0.2) is 5.58 Å². The molecule has 1 aliphatic carbocycles. The van der Waals surface area contributed by atoms with Crippen LogP contribution in [0.4, 0.5) is 19.2 Å². The first-order valence-electron chi connectivity index (χ1n) is 11.4. The number of aromatic nitrogens is 2. The predicted octanol–water partition coefficient (Wildman–Crippen LogP) is 5.85. The van der Waals surface area contributed by atoms with Gasteiger partial charge in [0.1, 0.15) is 11.2 Å². The minimum Gasteiger partial charge on any atom is -0.423 e. The molecule has 6 nitrogen and oxygen atoms in total. The average molecular weight is 493 g/mol. The number of carbonyl (C=O) groups is 1. The summed E-state index contributed by atoms with van der Waals surface area (Å²) >= 11 is 6.04. The number of halogens is 4. The quantitative estimate of drug-likeness (QED) is 0.496. The number of pyridine rings is 1. The van der Waals surface area contributed by atoms with Crippen LogP contribution in [0, 0.1) is 5.41 Å². The van der Waals surface area contributed by atoms with Crippen molar-refractivity contribution >= 4 is 34.6 Å². The number of carbonyl (C=O) groups excluding carboxylic acids is 1. The molecule has 3 aromatic rings. The summed E-state index contributed by atoms with van der Waals surface area (Å²) in [5.41, 5.74) is 0.600. The number of nitrogens with one attached hydrogen (secondary N) is 1. The maximum absolute atomic E-state index is 12.9.